The number of hydrogen-bond acceptors (Lipinski definition) is 8. The zero-order valence-electron chi connectivity index (χ0n) is 21.4. The maximum Gasteiger partial charge on any atom is 0.408 e. The zero-order chi connectivity index (χ0) is 29.2. The van der Waals surface area contributed by atoms with Crippen LogP contribution in [-0.2, 0) is 16.1 Å². The minimum absolute atomic E-state index is 0.0311. The van der Waals surface area contributed by atoms with Gasteiger partial charge in [0.2, 0.25) is 0 Å². The number of hydrogen-bond donors (Lipinski definition) is 2. The number of ether oxygens (including phenoxy) is 1. The Labute approximate surface area is 235 Å². The molecule has 0 bridgehead atoms. The fourth-order valence-electron chi connectivity index (χ4n) is 3.65. The number of thioether (sulfide) groups is 1. The highest BCUT2D eigenvalue weighted by Gasteiger charge is 2.35. The highest BCUT2D eigenvalue weighted by Crippen LogP contribution is 2.40. The van der Waals surface area contributed by atoms with Gasteiger partial charge in [0, 0.05) is 15.7 Å². The summed E-state index contributed by atoms with van der Waals surface area (Å²) in [6.45, 7) is 3.66. The van der Waals surface area contributed by atoms with Crippen molar-refractivity contribution in [1.82, 2.24) is 15.5 Å². The molecule has 1 aliphatic heterocycles. The number of fused-ring (bicyclic) bond motifs is 1. The smallest absolute Gasteiger partial charge is 0.408 e. The third-order valence-electron chi connectivity index (χ3n) is 5.35. The van der Waals surface area contributed by atoms with Gasteiger partial charge in [-0.3, -0.25) is 4.79 Å². The highest BCUT2D eigenvalue weighted by molar-refractivity contribution is 7.99. The minimum Gasteiger partial charge on any atom is -0.444 e. The van der Waals surface area contributed by atoms with Crippen LogP contribution in [0.1, 0.15) is 26.3 Å². The Morgan fingerprint density at radius 1 is 1.20 bits per heavy atom. The van der Waals surface area contributed by atoms with Gasteiger partial charge in [0.25, 0.3) is 11.8 Å². The van der Waals surface area contributed by atoms with Crippen molar-refractivity contribution in [2.24, 2.45) is 0 Å². The van der Waals surface area contributed by atoms with Crippen molar-refractivity contribution in [3.63, 3.8) is 0 Å². The number of alkyl halides is 3. The quantitative estimate of drug-likeness (QED) is 0.329. The van der Waals surface area contributed by atoms with Gasteiger partial charge in [-0.2, -0.15) is 13.2 Å². The number of halogens is 5. The molecule has 2 N–H and O–H groups in total. The molecule has 1 aliphatic rings. The topological polar surface area (TPSA) is 110 Å². The number of nitrogens with one attached hydrogen (secondary N) is 2. The predicted molar refractivity (Wildman–Crippen MR) is 141 cm³/mol. The number of amides is 2. The van der Waals surface area contributed by atoms with Gasteiger partial charge in [0.1, 0.15) is 24.0 Å². The van der Waals surface area contributed by atoms with Crippen LogP contribution in [0.5, 0.6) is 0 Å². The van der Waals surface area contributed by atoms with Crippen molar-refractivity contribution in [3.05, 3.63) is 52.8 Å². The first-order valence-electron chi connectivity index (χ1n) is 11.8. The van der Waals surface area contributed by atoms with E-state index in [2.05, 4.69) is 15.5 Å². The standard InChI is InChI=1S/C25H24ClF4N5O4S/c1-24(2,3)39-23(37)32-17-11-40-19-9-16(27)15(20-33-34-22(38-20)31-12-25(28,29)30)8-18(19)35(21(17)36)10-13-4-6-14(26)7-5-13/h4-9,17H,10-12H2,1-3H3,(H,31,34)(H,32,37)/t17-/m0/s1. The fourth-order valence-corrected chi connectivity index (χ4v) is 4.86. The number of rotatable bonds is 6. The molecule has 1 atom stereocenters. The molecule has 0 radical (unpaired) electrons. The Hall–Kier alpha value is -3.52. The van der Waals surface area contributed by atoms with E-state index in [1.165, 1.54) is 17.0 Å². The summed E-state index contributed by atoms with van der Waals surface area (Å²) in [7, 11) is 0. The Morgan fingerprint density at radius 2 is 1.90 bits per heavy atom. The second-order valence-corrected chi connectivity index (χ2v) is 11.2. The van der Waals surface area contributed by atoms with E-state index < -0.39 is 48.2 Å². The second kappa shape index (κ2) is 11.5. The van der Waals surface area contributed by atoms with Gasteiger partial charge in [-0.1, -0.05) is 28.8 Å². The first kappa shape index (κ1) is 29.5. The maximum absolute atomic E-state index is 15.2. The largest absolute Gasteiger partial charge is 0.444 e. The number of benzene rings is 2. The number of alkyl carbamates (subject to hydrolysis) is 1. The van der Waals surface area contributed by atoms with Crippen molar-refractivity contribution in [2.45, 2.75) is 50.0 Å². The maximum atomic E-state index is 15.2. The van der Waals surface area contributed by atoms with Gasteiger partial charge in [0.15, 0.2) is 0 Å². The van der Waals surface area contributed by atoms with Crippen LogP contribution in [0.15, 0.2) is 45.7 Å². The summed E-state index contributed by atoms with van der Waals surface area (Å²) in [5.74, 6) is -1.61. The molecule has 40 heavy (non-hydrogen) atoms. The molecule has 0 spiro atoms. The van der Waals surface area contributed by atoms with Crippen LogP contribution in [-0.4, -0.2) is 52.3 Å². The monoisotopic (exact) mass is 601 g/mol. The van der Waals surface area contributed by atoms with Gasteiger partial charge >= 0.3 is 18.3 Å². The van der Waals surface area contributed by atoms with E-state index in [4.69, 9.17) is 20.8 Å². The lowest BCUT2D eigenvalue weighted by Crippen LogP contribution is -2.50. The van der Waals surface area contributed by atoms with Crippen molar-refractivity contribution in [3.8, 4) is 11.5 Å². The van der Waals surface area contributed by atoms with Gasteiger partial charge < -0.3 is 24.7 Å². The highest BCUT2D eigenvalue weighted by atomic mass is 35.5. The van der Waals surface area contributed by atoms with Gasteiger partial charge in [-0.25, -0.2) is 9.18 Å². The van der Waals surface area contributed by atoms with E-state index in [0.717, 1.165) is 11.8 Å². The number of aromatic nitrogens is 2. The predicted octanol–water partition coefficient (Wildman–Crippen LogP) is 6.04. The lowest BCUT2D eigenvalue weighted by atomic mass is 10.1. The third kappa shape index (κ3) is 7.56. The van der Waals surface area contributed by atoms with Crippen LogP contribution in [0, 0.1) is 5.82 Å². The number of anilines is 2. The molecule has 214 valence electrons. The summed E-state index contributed by atoms with van der Waals surface area (Å²) in [5, 5.41) is 12.2. The first-order valence-corrected chi connectivity index (χ1v) is 13.2. The van der Waals surface area contributed by atoms with E-state index in [9.17, 15) is 22.8 Å². The van der Waals surface area contributed by atoms with Crippen LogP contribution in [0.2, 0.25) is 5.02 Å². The van der Waals surface area contributed by atoms with Crippen molar-refractivity contribution >= 4 is 47.1 Å². The van der Waals surface area contributed by atoms with Crippen molar-refractivity contribution in [1.29, 1.82) is 0 Å². The van der Waals surface area contributed by atoms with Crippen LogP contribution in [0.4, 0.5) is 34.1 Å². The van der Waals surface area contributed by atoms with Crippen LogP contribution in [0.25, 0.3) is 11.5 Å². The number of nitrogens with zero attached hydrogens (tertiary/aromatic N) is 3. The molecule has 0 fully saturated rings. The second-order valence-electron chi connectivity index (χ2n) is 9.74. The summed E-state index contributed by atoms with van der Waals surface area (Å²) in [5.41, 5.74) is -0.0570. The normalized spacial score (nSPS) is 15.8. The van der Waals surface area contributed by atoms with E-state index in [1.807, 2.05) is 5.32 Å². The molecule has 0 unspecified atom stereocenters. The molecule has 2 amide bonds. The Morgan fingerprint density at radius 3 is 2.55 bits per heavy atom. The molecule has 15 heteroatoms. The van der Waals surface area contributed by atoms with Crippen molar-refractivity contribution < 1.29 is 36.3 Å². The Balaban J connectivity index is 1.69. The molecule has 2 aromatic carbocycles. The van der Waals surface area contributed by atoms with Crippen LogP contribution >= 0.6 is 23.4 Å². The lowest BCUT2D eigenvalue weighted by Gasteiger charge is -2.27. The summed E-state index contributed by atoms with van der Waals surface area (Å²) in [6.07, 6.45) is -5.33. The van der Waals surface area contributed by atoms with E-state index in [1.54, 1.807) is 45.0 Å². The summed E-state index contributed by atoms with van der Waals surface area (Å²) < 4.78 is 63.4. The summed E-state index contributed by atoms with van der Waals surface area (Å²) >= 11 is 7.14. The Bertz CT molecular complexity index is 1400. The minimum atomic E-state index is -4.53. The molecule has 4 rings (SSSR count). The molecular formula is C25H24ClF4N5O4S. The Kier molecular flexibility index (Phi) is 8.49. The number of carbonyl (C=O) groups excluding carboxylic acids is 2. The first-order chi connectivity index (χ1) is 18.7. The fraction of sp³-hybridized carbons (Fsp3) is 0.360. The van der Waals surface area contributed by atoms with Gasteiger partial charge in [-0.15, -0.1) is 16.9 Å². The molecule has 1 aromatic heterocycles. The molecule has 2 heterocycles. The molecule has 0 aliphatic carbocycles. The van der Waals surface area contributed by atoms with Gasteiger partial charge in [0.05, 0.1) is 17.8 Å². The molecule has 9 nitrogen and oxygen atoms in total. The average Bonchev–Trinajstić information content (AvgIpc) is 3.28. The van der Waals surface area contributed by atoms with E-state index in [-0.39, 0.29) is 29.4 Å². The van der Waals surface area contributed by atoms with E-state index >= 15 is 4.39 Å². The SMILES string of the molecule is CC(C)(C)OC(=O)N[C@H]1CSc2cc(F)c(-c3nnc(NCC(F)(F)F)o3)cc2N(Cc2ccc(Cl)cc2)C1=O. The van der Waals surface area contributed by atoms with Crippen LogP contribution in [0.3, 0.4) is 0 Å². The molecular weight excluding hydrogens is 578 g/mol. The third-order valence-corrected chi connectivity index (χ3v) is 6.74. The number of carbonyl (C=O) groups is 2. The average molecular weight is 602 g/mol. The lowest BCUT2D eigenvalue weighted by molar-refractivity contribution is -0.120. The molecule has 0 saturated heterocycles. The van der Waals surface area contributed by atoms with Crippen LogP contribution < -0.4 is 15.5 Å². The summed E-state index contributed by atoms with van der Waals surface area (Å²) in [4.78, 5) is 28.0. The summed E-state index contributed by atoms with van der Waals surface area (Å²) in [6, 6.07) is 7.63. The zero-order valence-corrected chi connectivity index (χ0v) is 23.0. The molecule has 0 saturated carbocycles. The van der Waals surface area contributed by atoms with E-state index in [0.29, 0.717) is 15.5 Å². The van der Waals surface area contributed by atoms with Crippen molar-refractivity contribution in [2.75, 3.05) is 22.5 Å². The van der Waals surface area contributed by atoms with Gasteiger partial charge in [-0.05, 0) is 50.6 Å². The molecule has 3 aromatic rings.